The van der Waals surface area contributed by atoms with Crippen LogP contribution in [0.2, 0.25) is 0 Å². The number of furan rings is 1. The van der Waals surface area contributed by atoms with Crippen LogP contribution >= 0.6 is 0 Å². The van der Waals surface area contributed by atoms with Crippen LogP contribution in [0.4, 0.5) is 5.69 Å². The van der Waals surface area contributed by atoms with E-state index in [9.17, 15) is 4.79 Å². The van der Waals surface area contributed by atoms with Crippen LogP contribution in [0.15, 0.2) is 40.8 Å². The monoisotopic (exact) mass is 329 g/mol. The molecule has 6 heteroatoms. The number of hydrogen-bond donors (Lipinski definition) is 2. The van der Waals surface area contributed by atoms with E-state index in [4.69, 9.17) is 14.9 Å². The number of amides is 1. The van der Waals surface area contributed by atoms with E-state index in [1.165, 1.54) is 0 Å². The predicted octanol–water partition coefficient (Wildman–Crippen LogP) is 1.97. The fraction of sp³-hybridized carbons (Fsp3) is 0.389. The Hall–Kier alpha value is -2.31. The molecule has 2 heterocycles. The standard InChI is InChI=1S/C18H23N3O3/c1-13-5-6-17(24-13)16(21-7-9-23-10-8-21)12-20-18(22)14-3-2-4-15(19)11-14/h2-6,11,16H,7-10,12,19H2,1H3,(H,20,22). The van der Waals surface area contributed by atoms with E-state index in [1.54, 1.807) is 24.3 Å². The van der Waals surface area contributed by atoms with Crippen LogP contribution in [-0.2, 0) is 4.74 Å². The third-order valence-electron chi connectivity index (χ3n) is 4.18. The number of aryl methyl sites for hydroxylation is 1. The number of nitrogens with one attached hydrogen (secondary N) is 1. The first-order valence-electron chi connectivity index (χ1n) is 8.15. The van der Waals surface area contributed by atoms with Crippen LogP contribution in [0.5, 0.6) is 0 Å². The highest BCUT2D eigenvalue weighted by Gasteiger charge is 2.25. The van der Waals surface area contributed by atoms with Crippen LogP contribution in [0.3, 0.4) is 0 Å². The quantitative estimate of drug-likeness (QED) is 0.820. The van der Waals surface area contributed by atoms with Crippen molar-refractivity contribution in [1.29, 1.82) is 0 Å². The summed E-state index contributed by atoms with van der Waals surface area (Å²) in [6.07, 6.45) is 0. The Balaban J connectivity index is 1.70. The minimum atomic E-state index is -0.135. The third-order valence-corrected chi connectivity index (χ3v) is 4.18. The molecule has 1 amide bonds. The molecule has 0 spiro atoms. The second-order valence-corrected chi connectivity index (χ2v) is 5.95. The summed E-state index contributed by atoms with van der Waals surface area (Å²) >= 11 is 0. The number of benzene rings is 1. The van der Waals surface area contributed by atoms with Gasteiger partial charge in [-0.15, -0.1) is 0 Å². The number of nitrogens with zero attached hydrogens (tertiary/aromatic N) is 1. The Morgan fingerprint density at radius 1 is 1.29 bits per heavy atom. The van der Waals surface area contributed by atoms with E-state index in [0.29, 0.717) is 31.0 Å². The Bertz CT molecular complexity index is 692. The van der Waals surface area contributed by atoms with Gasteiger partial charge in [-0.3, -0.25) is 9.69 Å². The van der Waals surface area contributed by atoms with Crippen LogP contribution < -0.4 is 11.1 Å². The number of nitrogen functional groups attached to an aromatic ring is 1. The molecule has 0 bridgehead atoms. The molecule has 1 fully saturated rings. The maximum atomic E-state index is 12.4. The topological polar surface area (TPSA) is 80.7 Å². The van der Waals surface area contributed by atoms with Crippen molar-refractivity contribution in [2.45, 2.75) is 13.0 Å². The highest BCUT2D eigenvalue weighted by Crippen LogP contribution is 2.23. The summed E-state index contributed by atoms with van der Waals surface area (Å²) < 4.78 is 11.2. The molecule has 1 aliphatic heterocycles. The van der Waals surface area contributed by atoms with Crippen molar-refractivity contribution in [3.63, 3.8) is 0 Å². The zero-order valence-corrected chi connectivity index (χ0v) is 13.8. The molecular formula is C18H23N3O3. The average Bonchev–Trinajstić information content (AvgIpc) is 3.02. The van der Waals surface area contributed by atoms with Crippen LogP contribution in [0.1, 0.15) is 27.9 Å². The first-order valence-corrected chi connectivity index (χ1v) is 8.15. The molecule has 3 N–H and O–H groups in total. The highest BCUT2D eigenvalue weighted by atomic mass is 16.5. The van der Waals surface area contributed by atoms with Gasteiger partial charge in [-0.2, -0.15) is 0 Å². The van der Waals surface area contributed by atoms with Gasteiger partial charge in [0, 0.05) is 30.9 Å². The van der Waals surface area contributed by atoms with Crippen LogP contribution in [-0.4, -0.2) is 43.7 Å². The van der Waals surface area contributed by atoms with E-state index in [0.717, 1.165) is 24.6 Å². The van der Waals surface area contributed by atoms with Crippen molar-refractivity contribution in [3.05, 3.63) is 53.5 Å². The average molecular weight is 329 g/mol. The van der Waals surface area contributed by atoms with Crippen molar-refractivity contribution in [2.75, 3.05) is 38.6 Å². The lowest BCUT2D eigenvalue weighted by Gasteiger charge is -2.33. The molecule has 0 aliphatic carbocycles. The summed E-state index contributed by atoms with van der Waals surface area (Å²) in [6, 6.07) is 10.9. The Kier molecular flexibility index (Phi) is 5.17. The van der Waals surface area contributed by atoms with E-state index < -0.39 is 0 Å². The summed E-state index contributed by atoms with van der Waals surface area (Å²) in [7, 11) is 0. The first kappa shape index (κ1) is 16.5. The smallest absolute Gasteiger partial charge is 0.251 e. The second-order valence-electron chi connectivity index (χ2n) is 5.95. The molecule has 2 aromatic rings. The van der Waals surface area contributed by atoms with Gasteiger partial charge in [0.25, 0.3) is 5.91 Å². The van der Waals surface area contributed by atoms with E-state index in [-0.39, 0.29) is 11.9 Å². The zero-order valence-electron chi connectivity index (χ0n) is 13.8. The number of anilines is 1. The number of carbonyl (C=O) groups excluding carboxylic acids is 1. The second kappa shape index (κ2) is 7.51. The molecule has 1 atom stereocenters. The molecule has 3 rings (SSSR count). The van der Waals surface area contributed by atoms with Gasteiger partial charge in [0.15, 0.2) is 0 Å². The Morgan fingerprint density at radius 3 is 2.75 bits per heavy atom. The van der Waals surface area contributed by atoms with Gasteiger partial charge in [0.2, 0.25) is 0 Å². The summed E-state index contributed by atoms with van der Waals surface area (Å²) in [5.41, 5.74) is 6.89. The minimum Gasteiger partial charge on any atom is -0.465 e. The third kappa shape index (κ3) is 3.96. The molecule has 0 saturated carbocycles. The van der Waals surface area contributed by atoms with Crippen LogP contribution in [0.25, 0.3) is 0 Å². The maximum Gasteiger partial charge on any atom is 0.251 e. The van der Waals surface area contributed by atoms with Gasteiger partial charge < -0.3 is 20.2 Å². The molecule has 1 aromatic heterocycles. The molecule has 24 heavy (non-hydrogen) atoms. The van der Waals surface area contributed by atoms with Crippen molar-refractivity contribution in [1.82, 2.24) is 10.2 Å². The highest BCUT2D eigenvalue weighted by molar-refractivity contribution is 5.95. The fourth-order valence-electron chi connectivity index (χ4n) is 2.90. The van der Waals surface area contributed by atoms with E-state index in [2.05, 4.69) is 10.2 Å². The summed E-state index contributed by atoms with van der Waals surface area (Å²) in [4.78, 5) is 14.7. The first-order chi connectivity index (χ1) is 11.6. The summed E-state index contributed by atoms with van der Waals surface area (Å²) in [5, 5.41) is 2.99. The Morgan fingerprint density at radius 2 is 2.08 bits per heavy atom. The number of morpholine rings is 1. The van der Waals surface area contributed by atoms with Gasteiger partial charge in [0.1, 0.15) is 11.5 Å². The van der Waals surface area contributed by atoms with Gasteiger partial charge in [-0.05, 0) is 37.3 Å². The largest absolute Gasteiger partial charge is 0.465 e. The summed E-state index contributed by atoms with van der Waals surface area (Å²) in [5.74, 6) is 1.59. The molecule has 6 nitrogen and oxygen atoms in total. The lowest BCUT2D eigenvalue weighted by Crippen LogP contribution is -2.43. The number of rotatable bonds is 5. The van der Waals surface area contributed by atoms with E-state index >= 15 is 0 Å². The van der Waals surface area contributed by atoms with Gasteiger partial charge >= 0.3 is 0 Å². The number of nitrogens with two attached hydrogens (primary N) is 1. The van der Waals surface area contributed by atoms with Gasteiger partial charge in [0.05, 0.1) is 19.3 Å². The zero-order chi connectivity index (χ0) is 16.9. The fourth-order valence-corrected chi connectivity index (χ4v) is 2.90. The normalized spacial score (nSPS) is 16.7. The van der Waals surface area contributed by atoms with Crippen molar-refractivity contribution < 1.29 is 13.9 Å². The molecular weight excluding hydrogens is 306 g/mol. The van der Waals surface area contributed by atoms with Crippen LogP contribution in [0, 0.1) is 6.92 Å². The molecule has 128 valence electrons. The number of carbonyl (C=O) groups is 1. The van der Waals surface area contributed by atoms with E-state index in [1.807, 2.05) is 19.1 Å². The number of ether oxygens (including phenoxy) is 1. The Labute approximate surface area is 141 Å². The molecule has 1 saturated heterocycles. The van der Waals surface area contributed by atoms with Gasteiger partial charge in [-0.25, -0.2) is 0 Å². The number of hydrogen-bond acceptors (Lipinski definition) is 5. The molecule has 1 aliphatic rings. The lowest BCUT2D eigenvalue weighted by atomic mass is 10.1. The summed E-state index contributed by atoms with van der Waals surface area (Å²) in [6.45, 7) is 5.42. The molecule has 1 aromatic carbocycles. The molecule has 1 unspecified atom stereocenters. The maximum absolute atomic E-state index is 12.4. The van der Waals surface area contributed by atoms with Crippen molar-refractivity contribution in [2.24, 2.45) is 0 Å². The predicted molar refractivity (Wildman–Crippen MR) is 91.8 cm³/mol. The van der Waals surface area contributed by atoms with Gasteiger partial charge in [-0.1, -0.05) is 6.07 Å². The van der Waals surface area contributed by atoms with Crippen molar-refractivity contribution >= 4 is 11.6 Å². The molecule has 0 radical (unpaired) electrons. The van der Waals surface area contributed by atoms with Crippen molar-refractivity contribution in [3.8, 4) is 0 Å². The SMILES string of the molecule is Cc1ccc(C(CNC(=O)c2cccc(N)c2)N2CCOCC2)o1. The lowest BCUT2D eigenvalue weighted by molar-refractivity contribution is 0.0117. The minimum absolute atomic E-state index is 0.00684.